The van der Waals surface area contributed by atoms with E-state index in [0.717, 1.165) is 5.90 Å². The number of aliphatic imine (C=N–C) groups is 1. The lowest BCUT2D eigenvalue weighted by molar-refractivity contribution is 0.195. The van der Waals surface area contributed by atoms with Gasteiger partial charge in [0.2, 0.25) is 0 Å². The van der Waals surface area contributed by atoms with Crippen LogP contribution in [0.15, 0.2) is 65.7 Å². The normalized spacial score (nSPS) is 22.4. The number of hydrogen-bond acceptors (Lipinski definition) is 2. The number of nitrogens with zero attached hydrogens (tertiary/aromatic N) is 1. The Hall–Kier alpha value is -2.09. The molecule has 0 aromatic heterocycles. The second-order valence-electron chi connectivity index (χ2n) is 4.45. The first-order valence-electron chi connectivity index (χ1n) is 6.15. The third-order valence-electron chi connectivity index (χ3n) is 3.17. The largest absolute Gasteiger partial charge is 0.471 e. The Balaban J connectivity index is 1.97. The molecule has 0 N–H and O–H groups in total. The summed E-state index contributed by atoms with van der Waals surface area (Å²) >= 11 is 0. The monoisotopic (exact) mass is 237 g/mol. The Morgan fingerprint density at radius 1 is 0.833 bits per heavy atom. The van der Waals surface area contributed by atoms with Gasteiger partial charge in [-0.25, -0.2) is 4.99 Å². The molecule has 1 heterocycles. The summed E-state index contributed by atoms with van der Waals surface area (Å²) in [6, 6.07) is 20.6. The third kappa shape index (κ3) is 2.02. The summed E-state index contributed by atoms with van der Waals surface area (Å²) in [5, 5.41) is 0. The van der Waals surface area contributed by atoms with Crippen LogP contribution >= 0.6 is 0 Å². The Kier molecular flexibility index (Phi) is 2.85. The number of ether oxygens (including phenoxy) is 1. The summed E-state index contributed by atoms with van der Waals surface area (Å²) in [6.45, 7) is 1.92. The minimum Gasteiger partial charge on any atom is -0.471 e. The predicted octanol–water partition coefficient (Wildman–Crippen LogP) is 3.92. The van der Waals surface area contributed by atoms with Crippen LogP contribution in [0.3, 0.4) is 0 Å². The third-order valence-corrected chi connectivity index (χ3v) is 3.17. The lowest BCUT2D eigenvalue weighted by atomic mass is 9.97. The van der Waals surface area contributed by atoms with Gasteiger partial charge < -0.3 is 4.74 Å². The molecule has 2 aromatic rings. The molecule has 0 bridgehead atoms. The van der Waals surface area contributed by atoms with Gasteiger partial charge in [-0.3, -0.25) is 0 Å². The van der Waals surface area contributed by atoms with Crippen molar-refractivity contribution in [2.45, 2.75) is 19.1 Å². The van der Waals surface area contributed by atoms with E-state index in [1.165, 1.54) is 11.1 Å². The molecule has 0 spiro atoms. The van der Waals surface area contributed by atoms with E-state index in [2.05, 4.69) is 29.3 Å². The van der Waals surface area contributed by atoms with E-state index < -0.39 is 0 Å². The number of hydrogen-bond donors (Lipinski definition) is 0. The van der Waals surface area contributed by atoms with E-state index in [9.17, 15) is 0 Å². The zero-order valence-corrected chi connectivity index (χ0v) is 10.3. The molecule has 2 unspecified atom stereocenters. The van der Waals surface area contributed by atoms with Gasteiger partial charge in [0.25, 0.3) is 0 Å². The highest BCUT2D eigenvalue weighted by molar-refractivity contribution is 5.75. The highest BCUT2D eigenvalue weighted by Gasteiger charge is 2.31. The highest BCUT2D eigenvalue weighted by Crippen LogP contribution is 2.39. The smallest absolute Gasteiger partial charge is 0.181 e. The molecule has 3 rings (SSSR count). The first kappa shape index (κ1) is 11.0. The minimum atomic E-state index is -0.00593. The molecule has 0 radical (unpaired) electrons. The van der Waals surface area contributed by atoms with Gasteiger partial charge in [0.05, 0.1) is 0 Å². The van der Waals surface area contributed by atoms with Gasteiger partial charge in [0, 0.05) is 6.92 Å². The lowest BCUT2D eigenvalue weighted by Gasteiger charge is -2.18. The molecule has 0 saturated heterocycles. The minimum absolute atomic E-state index is 0.00593. The summed E-state index contributed by atoms with van der Waals surface area (Å²) in [4.78, 5) is 4.61. The van der Waals surface area contributed by atoms with Crippen molar-refractivity contribution in [1.82, 2.24) is 0 Å². The maximum Gasteiger partial charge on any atom is 0.181 e. The average molecular weight is 237 g/mol. The maximum atomic E-state index is 5.86. The van der Waals surface area contributed by atoms with Crippen LogP contribution in [0.25, 0.3) is 0 Å². The molecule has 0 amide bonds. The highest BCUT2D eigenvalue weighted by atomic mass is 16.5. The SMILES string of the molecule is CC1=NC(c2ccccc2)C(c2ccccc2)O1. The zero-order chi connectivity index (χ0) is 12.4. The van der Waals surface area contributed by atoms with Crippen molar-refractivity contribution < 1.29 is 4.74 Å². The summed E-state index contributed by atoms with van der Waals surface area (Å²) in [5.74, 6) is 0.762. The molecule has 0 fully saturated rings. The number of rotatable bonds is 2. The van der Waals surface area contributed by atoms with E-state index >= 15 is 0 Å². The Labute approximate surface area is 107 Å². The van der Waals surface area contributed by atoms with Crippen LogP contribution in [-0.4, -0.2) is 5.90 Å². The summed E-state index contributed by atoms with van der Waals surface area (Å²) < 4.78 is 5.86. The molecule has 0 saturated carbocycles. The first-order valence-corrected chi connectivity index (χ1v) is 6.15. The van der Waals surface area contributed by atoms with E-state index in [-0.39, 0.29) is 12.1 Å². The van der Waals surface area contributed by atoms with Gasteiger partial charge in [-0.05, 0) is 11.1 Å². The van der Waals surface area contributed by atoms with Crippen molar-refractivity contribution in [2.24, 2.45) is 4.99 Å². The van der Waals surface area contributed by atoms with Crippen LogP contribution in [0.5, 0.6) is 0 Å². The van der Waals surface area contributed by atoms with E-state index in [1.54, 1.807) is 0 Å². The molecule has 1 aliphatic rings. The van der Waals surface area contributed by atoms with Gasteiger partial charge in [0.15, 0.2) is 12.0 Å². The molecule has 2 aromatic carbocycles. The van der Waals surface area contributed by atoms with E-state index in [1.807, 2.05) is 43.3 Å². The summed E-state index contributed by atoms with van der Waals surface area (Å²) in [6.07, 6.45) is -0.00593. The molecule has 18 heavy (non-hydrogen) atoms. The van der Waals surface area contributed by atoms with Gasteiger partial charge in [0.1, 0.15) is 6.04 Å². The Bertz CT molecular complexity index is 548. The van der Waals surface area contributed by atoms with Gasteiger partial charge in [-0.15, -0.1) is 0 Å². The van der Waals surface area contributed by atoms with E-state index in [0.29, 0.717) is 0 Å². The molecule has 0 aliphatic carbocycles. The second kappa shape index (κ2) is 4.65. The van der Waals surface area contributed by atoms with Crippen molar-refractivity contribution in [1.29, 1.82) is 0 Å². The van der Waals surface area contributed by atoms with Crippen LogP contribution in [0.2, 0.25) is 0 Å². The second-order valence-corrected chi connectivity index (χ2v) is 4.45. The van der Waals surface area contributed by atoms with E-state index in [4.69, 9.17) is 4.74 Å². The summed E-state index contributed by atoms with van der Waals surface area (Å²) in [5.41, 5.74) is 2.37. The van der Waals surface area contributed by atoms with Crippen molar-refractivity contribution in [3.63, 3.8) is 0 Å². The zero-order valence-electron chi connectivity index (χ0n) is 10.3. The van der Waals surface area contributed by atoms with Crippen molar-refractivity contribution in [3.8, 4) is 0 Å². The molecular formula is C16H15NO. The van der Waals surface area contributed by atoms with Crippen molar-refractivity contribution in [2.75, 3.05) is 0 Å². The topological polar surface area (TPSA) is 21.6 Å². The average Bonchev–Trinajstić information content (AvgIpc) is 2.83. The predicted molar refractivity (Wildman–Crippen MR) is 72.6 cm³/mol. The molecule has 2 nitrogen and oxygen atoms in total. The van der Waals surface area contributed by atoms with Crippen LogP contribution in [-0.2, 0) is 4.74 Å². The van der Waals surface area contributed by atoms with Crippen LogP contribution in [0, 0.1) is 0 Å². The fraction of sp³-hybridized carbons (Fsp3) is 0.188. The van der Waals surface area contributed by atoms with Crippen LogP contribution < -0.4 is 0 Å². The van der Waals surface area contributed by atoms with Gasteiger partial charge >= 0.3 is 0 Å². The molecule has 1 aliphatic heterocycles. The fourth-order valence-corrected chi connectivity index (χ4v) is 2.33. The standard InChI is InChI=1S/C16H15NO/c1-12-17-15(13-8-4-2-5-9-13)16(18-12)14-10-6-3-7-11-14/h2-11,15-16H,1H3. The number of benzene rings is 2. The molecule has 2 heteroatoms. The maximum absolute atomic E-state index is 5.86. The van der Waals surface area contributed by atoms with Gasteiger partial charge in [-0.2, -0.15) is 0 Å². The Morgan fingerprint density at radius 3 is 2.00 bits per heavy atom. The quantitative estimate of drug-likeness (QED) is 0.775. The Morgan fingerprint density at radius 2 is 1.39 bits per heavy atom. The summed E-state index contributed by atoms with van der Waals surface area (Å²) in [7, 11) is 0. The van der Waals surface area contributed by atoms with Crippen LogP contribution in [0.1, 0.15) is 30.2 Å². The lowest BCUT2D eigenvalue weighted by Crippen LogP contribution is -2.07. The first-order chi connectivity index (χ1) is 8.84. The van der Waals surface area contributed by atoms with Gasteiger partial charge in [-0.1, -0.05) is 60.7 Å². The molecular weight excluding hydrogens is 222 g/mol. The fourth-order valence-electron chi connectivity index (χ4n) is 2.33. The molecule has 2 atom stereocenters. The van der Waals surface area contributed by atoms with Crippen LogP contribution in [0.4, 0.5) is 0 Å². The van der Waals surface area contributed by atoms with Crippen molar-refractivity contribution in [3.05, 3.63) is 71.8 Å². The van der Waals surface area contributed by atoms with Crippen molar-refractivity contribution >= 4 is 5.90 Å². The molecule has 90 valence electrons.